The molecule has 1 aromatic heterocycles. The van der Waals surface area contributed by atoms with Crippen molar-refractivity contribution >= 4 is 15.7 Å². The molecular formula is C23H26N2O5S. The van der Waals surface area contributed by atoms with Crippen LogP contribution in [0.5, 0.6) is 17.2 Å². The van der Waals surface area contributed by atoms with Crippen LogP contribution in [-0.2, 0) is 16.4 Å². The number of H-pyrrole nitrogens is 1. The minimum Gasteiger partial charge on any atom is -0.497 e. The Hall–Kier alpha value is -3.26. The van der Waals surface area contributed by atoms with E-state index in [0.29, 0.717) is 29.2 Å². The number of sulfonamides is 1. The fourth-order valence-electron chi connectivity index (χ4n) is 3.19. The summed E-state index contributed by atoms with van der Waals surface area (Å²) in [7, 11) is -2.40. The summed E-state index contributed by atoms with van der Waals surface area (Å²) in [4.78, 5) is 15.7. The van der Waals surface area contributed by atoms with Gasteiger partial charge in [-0.05, 0) is 49.6 Å². The van der Waals surface area contributed by atoms with Crippen LogP contribution in [0.1, 0.15) is 31.0 Å². The number of hydrogen-bond acceptors (Lipinski definition) is 5. The zero-order chi connectivity index (χ0) is 22.4. The Morgan fingerprint density at radius 1 is 1.03 bits per heavy atom. The van der Waals surface area contributed by atoms with E-state index in [4.69, 9.17) is 9.47 Å². The van der Waals surface area contributed by atoms with E-state index in [9.17, 15) is 13.2 Å². The molecule has 0 aliphatic carbocycles. The molecule has 0 spiro atoms. The summed E-state index contributed by atoms with van der Waals surface area (Å²) in [6.45, 7) is 3.80. The first-order valence-electron chi connectivity index (χ1n) is 10.0. The number of unbranched alkanes of at least 4 members (excludes halogenated alkanes) is 1. The first-order valence-corrected chi connectivity index (χ1v) is 11.5. The third kappa shape index (κ3) is 5.27. The summed E-state index contributed by atoms with van der Waals surface area (Å²) in [5, 5.41) is 0. The van der Waals surface area contributed by atoms with Gasteiger partial charge in [-0.25, -0.2) is 8.42 Å². The zero-order valence-corrected chi connectivity index (χ0v) is 18.6. The van der Waals surface area contributed by atoms with Gasteiger partial charge in [0.15, 0.2) is 0 Å². The third-order valence-corrected chi connectivity index (χ3v) is 6.19. The smallest absolute Gasteiger partial charge is 0.293 e. The molecule has 0 amide bonds. The van der Waals surface area contributed by atoms with Crippen LogP contribution in [0.3, 0.4) is 0 Å². The molecule has 0 saturated carbocycles. The second kappa shape index (κ2) is 9.70. The van der Waals surface area contributed by atoms with Crippen molar-refractivity contribution in [3.05, 3.63) is 76.2 Å². The molecule has 0 radical (unpaired) electrons. The van der Waals surface area contributed by atoms with Gasteiger partial charge in [-0.3, -0.25) is 9.52 Å². The molecule has 0 fully saturated rings. The van der Waals surface area contributed by atoms with Crippen molar-refractivity contribution in [3.8, 4) is 17.2 Å². The number of aryl methyl sites for hydroxylation is 1. The number of pyridine rings is 1. The highest BCUT2D eigenvalue weighted by Crippen LogP contribution is 2.34. The van der Waals surface area contributed by atoms with Gasteiger partial charge < -0.3 is 14.5 Å². The van der Waals surface area contributed by atoms with E-state index in [1.807, 2.05) is 6.92 Å². The standard InChI is InChI=1S/C23H26N2O5S/c1-4-5-14-20-16(2)24-23(26)22(30-18-11-9-10-17(15-18)29-3)21(20)25-31(27,28)19-12-7-6-8-13-19/h6-13,15H,4-5,14H2,1-3H3,(H2,24,25,26). The van der Waals surface area contributed by atoms with E-state index in [2.05, 4.69) is 9.71 Å². The van der Waals surface area contributed by atoms with E-state index >= 15 is 0 Å². The number of nitrogens with one attached hydrogen (secondary N) is 2. The fourth-order valence-corrected chi connectivity index (χ4v) is 4.31. The van der Waals surface area contributed by atoms with E-state index < -0.39 is 15.6 Å². The Balaban J connectivity index is 2.14. The maximum Gasteiger partial charge on any atom is 0.293 e. The van der Waals surface area contributed by atoms with Crippen LogP contribution >= 0.6 is 0 Å². The van der Waals surface area contributed by atoms with Crippen molar-refractivity contribution in [2.75, 3.05) is 11.8 Å². The number of aromatic nitrogens is 1. The molecule has 31 heavy (non-hydrogen) atoms. The highest BCUT2D eigenvalue weighted by atomic mass is 32.2. The number of ether oxygens (including phenoxy) is 2. The van der Waals surface area contributed by atoms with Crippen molar-refractivity contribution in [2.45, 2.75) is 38.0 Å². The van der Waals surface area contributed by atoms with Crippen LogP contribution in [0, 0.1) is 6.92 Å². The van der Waals surface area contributed by atoms with Crippen LogP contribution < -0.4 is 19.8 Å². The van der Waals surface area contributed by atoms with Crippen molar-refractivity contribution in [2.24, 2.45) is 0 Å². The van der Waals surface area contributed by atoms with Crippen molar-refractivity contribution in [3.63, 3.8) is 0 Å². The summed E-state index contributed by atoms with van der Waals surface area (Å²) in [5.41, 5.74) is 0.925. The van der Waals surface area contributed by atoms with Crippen LogP contribution in [0.15, 0.2) is 64.3 Å². The lowest BCUT2D eigenvalue weighted by Gasteiger charge is -2.18. The molecule has 0 saturated heterocycles. The maximum atomic E-state index is 13.1. The first-order chi connectivity index (χ1) is 14.9. The van der Waals surface area contributed by atoms with E-state index in [1.54, 1.807) is 49.4 Å². The average molecular weight is 443 g/mol. The Labute approximate surface area is 182 Å². The van der Waals surface area contributed by atoms with Crippen molar-refractivity contribution in [1.29, 1.82) is 0 Å². The summed E-state index contributed by atoms with van der Waals surface area (Å²) in [6, 6.07) is 14.8. The van der Waals surface area contributed by atoms with Gasteiger partial charge in [-0.2, -0.15) is 0 Å². The van der Waals surface area contributed by atoms with Crippen LogP contribution in [0.25, 0.3) is 0 Å². The Kier molecular flexibility index (Phi) is 7.02. The Morgan fingerprint density at radius 3 is 2.42 bits per heavy atom. The first kappa shape index (κ1) is 22.4. The largest absolute Gasteiger partial charge is 0.497 e. The molecule has 2 N–H and O–H groups in total. The minimum atomic E-state index is -3.93. The molecule has 7 nitrogen and oxygen atoms in total. The average Bonchev–Trinajstić information content (AvgIpc) is 2.76. The van der Waals surface area contributed by atoms with E-state index in [1.165, 1.54) is 19.2 Å². The molecule has 3 aromatic rings. The normalized spacial score (nSPS) is 11.2. The molecule has 8 heteroatoms. The van der Waals surface area contributed by atoms with Gasteiger partial charge in [0, 0.05) is 11.8 Å². The molecule has 2 aromatic carbocycles. The lowest BCUT2D eigenvalue weighted by Crippen LogP contribution is -2.21. The molecule has 0 aliphatic heterocycles. The van der Waals surface area contributed by atoms with Gasteiger partial charge in [0.05, 0.1) is 12.0 Å². The lowest BCUT2D eigenvalue weighted by molar-refractivity contribution is 0.408. The number of anilines is 1. The molecule has 1 heterocycles. The topological polar surface area (TPSA) is 97.5 Å². The number of hydrogen-bond donors (Lipinski definition) is 2. The molecule has 0 atom stereocenters. The maximum absolute atomic E-state index is 13.1. The summed E-state index contributed by atoms with van der Waals surface area (Å²) < 4.78 is 39.8. The second-order valence-corrected chi connectivity index (χ2v) is 8.75. The van der Waals surface area contributed by atoms with E-state index in [-0.39, 0.29) is 16.3 Å². The van der Waals surface area contributed by atoms with Gasteiger partial charge in [0.1, 0.15) is 17.2 Å². The predicted molar refractivity (Wildman–Crippen MR) is 121 cm³/mol. The van der Waals surface area contributed by atoms with Gasteiger partial charge in [0.25, 0.3) is 15.6 Å². The summed E-state index contributed by atoms with van der Waals surface area (Å²) in [6.07, 6.45) is 2.32. The van der Waals surface area contributed by atoms with Gasteiger partial charge >= 0.3 is 0 Å². The molecule has 3 rings (SSSR count). The molecular weight excluding hydrogens is 416 g/mol. The highest BCUT2D eigenvalue weighted by Gasteiger charge is 2.23. The number of benzene rings is 2. The fraction of sp³-hybridized carbons (Fsp3) is 0.261. The minimum absolute atomic E-state index is 0.0988. The monoisotopic (exact) mass is 442 g/mol. The highest BCUT2D eigenvalue weighted by molar-refractivity contribution is 7.92. The Bertz CT molecular complexity index is 1200. The number of rotatable bonds is 9. The van der Waals surface area contributed by atoms with Gasteiger partial charge in [-0.15, -0.1) is 0 Å². The third-order valence-electron chi connectivity index (χ3n) is 4.82. The zero-order valence-electron chi connectivity index (χ0n) is 17.8. The number of aromatic amines is 1. The molecule has 0 bridgehead atoms. The van der Waals surface area contributed by atoms with Crippen molar-refractivity contribution < 1.29 is 17.9 Å². The van der Waals surface area contributed by atoms with Gasteiger partial charge in [0.2, 0.25) is 5.75 Å². The predicted octanol–water partition coefficient (Wildman–Crippen LogP) is 4.63. The van der Waals surface area contributed by atoms with Crippen LogP contribution in [-0.4, -0.2) is 20.5 Å². The SMILES string of the molecule is CCCCc1c(C)[nH]c(=O)c(Oc2cccc(OC)c2)c1NS(=O)(=O)c1ccccc1. The van der Waals surface area contributed by atoms with Crippen molar-refractivity contribution in [1.82, 2.24) is 4.98 Å². The van der Waals surface area contributed by atoms with Crippen LogP contribution in [0.4, 0.5) is 5.69 Å². The van der Waals surface area contributed by atoms with Crippen LogP contribution in [0.2, 0.25) is 0 Å². The summed E-state index contributed by atoms with van der Waals surface area (Å²) in [5.74, 6) is 0.804. The molecule has 164 valence electrons. The van der Waals surface area contributed by atoms with E-state index in [0.717, 1.165) is 12.8 Å². The lowest BCUT2D eigenvalue weighted by atomic mass is 10.0. The molecule has 0 unspecified atom stereocenters. The Morgan fingerprint density at radius 2 is 1.74 bits per heavy atom. The number of methoxy groups -OCH3 is 1. The molecule has 0 aliphatic rings. The quantitative estimate of drug-likeness (QED) is 0.504. The van der Waals surface area contributed by atoms with Gasteiger partial charge in [-0.1, -0.05) is 37.6 Å². The summed E-state index contributed by atoms with van der Waals surface area (Å²) >= 11 is 0. The second-order valence-electron chi connectivity index (χ2n) is 7.06.